The second-order valence-electron chi connectivity index (χ2n) is 16.6. The number of rotatable bonds is 12. The van der Waals surface area contributed by atoms with E-state index in [4.69, 9.17) is 9.47 Å². The Morgan fingerprint density at radius 3 is 2.48 bits per heavy atom. The zero-order chi connectivity index (χ0) is 34.0. The Kier molecular flexibility index (Phi) is 10.5. The van der Waals surface area contributed by atoms with Crippen LogP contribution in [0.25, 0.3) is 0 Å². The van der Waals surface area contributed by atoms with Crippen LogP contribution in [0.2, 0.25) is 0 Å². The fourth-order valence-corrected chi connectivity index (χ4v) is 11.2. The maximum atomic E-state index is 13.7. The van der Waals surface area contributed by atoms with Crippen LogP contribution in [0.1, 0.15) is 129 Å². The van der Waals surface area contributed by atoms with Crippen molar-refractivity contribution in [3.63, 3.8) is 0 Å². The van der Waals surface area contributed by atoms with E-state index in [1.807, 2.05) is 0 Å². The van der Waals surface area contributed by atoms with E-state index < -0.39 is 28.6 Å². The fraction of sp³-hybridized carbons (Fsp3) is 0.714. The SMILES string of the molecule is C[C@H](CCCc1ccccc1)CCC[C@]12[C@@H]([C@H]3C[C@](C)(C#CCCC(=O)O3)[C@]1(O)CCC1=CC(=O)OC1)[C@](C)(C1CCCC1)CC[C@@H]2O. The molecular formula is C42H58O6. The van der Waals surface area contributed by atoms with Gasteiger partial charge < -0.3 is 19.7 Å². The van der Waals surface area contributed by atoms with Crippen LogP contribution < -0.4 is 0 Å². The number of benzene rings is 1. The van der Waals surface area contributed by atoms with Crippen LogP contribution in [0.4, 0.5) is 0 Å². The van der Waals surface area contributed by atoms with E-state index in [9.17, 15) is 19.8 Å². The molecule has 5 aliphatic rings. The number of hydrogen-bond acceptors (Lipinski definition) is 6. The van der Waals surface area contributed by atoms with Crippen LogP contribution in [-0.4, -0.2) is 46.6 Å². The molecule has 8 atom stereocenters. The van der Waals surface area contributed by atoms with Crippen molar-refractivity contribution in [3.05, 3.63) is 47.5 Å². The number of aryl methyl sites for hydroxylation is 1. The first-order valence-electron chi connectivity index (χ1n) is 19.0. The third-order valence-corrected chi connectivity index (χ3v) is 13.7. The normalized spacial score (nSPS) is 37.2. The van der Waals surface area contributed by atoms with Crippen LogP contribution in [0.15, 0.2) is 42.0 Å². The van der Waals surface area contributed by atoms with Crippen molar-refractivity contribution in [2.24, 2.45) is 34.0 Å². The van der Waals surface area contributed by atoms with Gasteiger partial charge in [0.25, 0.3) is 0 Å². The number of cyclic esters (lactones) is 1. The Bertz CT molecular complexity index is 1400. The van der Waals surface area contributed by atoms with Gasteiger partial charge in [0.15, 0.2) is 0 Å². The van der Waals surface area contributed by atoms with Crippen molar-refractivity contribution in [1.29, 1.82) is 0 Å². The van der Waals surface area contributed by atoms with Gasteiger partial charge in [-0.3, -0.25) is 4.79 Å². The molecule has 0 aromatic heterocycles. The number of carbonyl (C=O) groups is 2. The lowest BCUT2D eigenvalue weighted by Gasteiger charge is -2.71. The molecular weight excluding hydrogens is 600 g/mol. The lowest BCUT2D eigenvalue weighted by atomic mass is 9.36. The highest BCUT2D eigenvalue weighted by Crippen LogP contribution is 2.71. The van der Waals surface area contributed by atoms with Crippen molar-refractivity contribution in [3.8, 4) is 11.8 Å². The fourth-order valence-electron chi connectivity index (χ4n) is 11.2. The van der Waals surface area contributed by atoms with Gasteiger partial charge in [-0.1, -0.05) is 82.2 Å². The summed E-state index contributed by atoms with van der Waals surface area (Å²) in [6.45, 7) is 7.02. The van der Waals surface area contributed by atoms with Crippen LogP contribution in [0.3, 0.4) is 0 Å². The van der Waals surface area contributed by atoms with Crippen molar-refractivity contribution in [2.75, 3.05) is 6.61 Å². The minimum Gasteiger partial charge on any atom is -0.462 e. The van der Waals surface area contributed by atoms with Crippen LogP contribution in [0.5, 0.6) is 0 Å². The van der Waals surface area contributed by atoms with E-state index in [0.29, 0.717) is 50.4 Å². The molecule has 1 aromatic rings. The first kappa shape index (κ1) is 35.2. The van der Waals surface area contributed by atoms with E-state index in [1.165, 1.54) is 18.4 Å². The predicted molar refractivity (Wildman–Crippen MR) is 186 cm³/mol. The maximum Gasteiger partial charge on any atom is 0.331 e. The molecule has 2 bridgehead atoms. The monoisotopic (exact) mass is 658 g/mol. The number of carbonyl (C=O) groups excluding carboxylic acids is 2. The minimum absolute atomic E-state index is 0.190. The van der Waals surface area contributed by atoms with Gasteiger partial charge in [0.2, 0.25) is 0 Å². The van der Waals surface area contributed by atoms with Crippen molar-refractivity contribution in [2.45, 2.75) is 148 Å². The molecule has 0 spiro atoms. The van der Waals surface area contributed by atoms with Gasteiger partial charge in [-0.2, -0.15) is 0 Å². The zero-order valence-corrected chi connectivity index (χ0v) is 29.6. The van der Waals surface area contributed by atoms with E-state index >= 15 is 0 Å². The predicted octanol–water partition coefficient (Wildman–Crippen LogP) is 7.88. The third-order valence-electron chi connectivity index (χ3n) is 13.7. The van der Waals surface area contributed by atoms with Gasteiger partial charge in [0.1, 0.15) is 12.7 Å². The molecule has 2 aliphatic heterocycles. The van der Waals surface area contributed by atoms with Gasteiger partial charge in [-0.15, -0.1) is 5.92 Å². The molecule has 6 nitrogen and oxygen atoms in total. The molecule has 48 heavy (non-hydrogen) atoms. The average molecular weight is 659 g/mol. The lowest BCUT2D eigenvalue weighted by molar-refractivity contribution is -0.313. The summed E-state index contributed by atoms with van der Waals surface area (Å²) in [5.74, 6) is 7.02. The van der Waals surface area contributed by atoms with Crippen molar-refractivity contribution < 1.29 is 29.3 Å². The summed E-state index contributed by atoms with van der Waals surface area (Å²) in [5, 5.41) is 26.3. The quantitative estimate of drug-likeness (QED) is 0.175. The number of fused-ring (bicyclic) bond motifs is 4. The highest BCUT2D eigenvalue weighted by Gasteiger charge is 2.75. The molecule has 0 saturated heterocycles. The molecule has 6 rings (SSSR count). The van der Waals surface area contributed by atoms with Crippen LogP contribution in [-0.2, 0) is 25.5 Å². The maximum absolute atomic E-state index is 13.7. The topological polar surface area (TPSA) is 93.1 Å². The molecule has 0 amide bonds. The summed E-state index contributed by atoms with van der Waals surface area (Å²) in [5.41, 5.74) is -1.13. The second kappa shape index (κ2) is 14.3. The van der Waals surface area contributed by atoms with E-state index in [2.05, 4.69) is 62.9 Å². The molecule has 3 saturated carbocycles. The summed E-state index contributed by atoms with van der Waals surface area (Å²) in [7, 11) is 0. The van der Waals surface area contributed by atoms with Crippen LogP contribution >= 0.6 is 0 Å². The highest BCUT2D eigenvalue weighted by atomic mass is 16.5. The summed E-state index contributed by atoms with van der Waals surface area (Å²) in [6.07, 6.45) is 14.4. The molecule has 0 unspecified atom stereocenters. The summed E-state index contributed by atoms with van der Waals surface area (Å²) in [4.78, 5) is 25.4. The molecule has 3 fully saturated rings. The summed E-state index contributed by atoms with van der Waals surface area (Å²) in [6, 6.07) is 10.7. The van der Waals surface area contributed by atoms with E-state index in [1.54, 1.807) is 6.08 Å². The Morgan fingerprint density at radius 1 is 1.00 bits per heavy atom. The molecule has 262 valence electrons. The number of aliphatic hydroxyl groups is 2. The molecule has 3 aliphatic carbocycles. The Labute approximate surface area is 288 Å². The van der Waals surface area contributed by atoms with Gasteiger partial charge >= 0.3 is 11.9 Å². The number of hydrogen-bond donors (Lipinski definition) is 2. The van der Waals surface area contributed by atoms with Crippen molar-refractivity contribution >= 4 is 11.9 Å². The first-order chi connectivity index (χ1) is 23.0. The molecule has 0 radical (unpaired) electrons. The number of esters is 2. The Hall–Kier alpha value is -2.62. The van der Waals surface area contributed by atoms with Crippen LogP contribution in [0, 0.1) is 45.8 Å². The van der Waals surface area contributed by atoms with Crippen molar-refractivity contribution in [1.82, 2.24) is 0 Å². The van der Waals surface area contributed by atoms with E-state index in [0.717, 1.165) is 56.9 Å². The van der Waals surface area contributed by atoms with Gasteiger partial charge in [0, 0.05) is 30.3 Å². The largest absolute Gasteiger partial charge is 0.462 e. The zero-order valence-electron chi connectivity index (χ0n) is 29.6. The number of aliphatic hydroxyl groups excluding tert-OH is 1. The second-order valence-corrected chi connectivity index (χ2v) is 16.6. The summed E-state index contributed by atoms with van der Waals surface area (Å²) < 4.78 is 11.8. The smallest absolute Gasteiger partial charge is 0.331 e. The van der Waals surface area contributed by atoms with Gasteiger partial charge in [0.05, 0.1) is 23.5 Å². The first-order valence-corrected chi connectivity index (χ1v) is 19.0. The number of ether oxygens (including phenoxy) is 2. The molecule has 2 N–H and O–H groups in total. The summed E-state index contributed by atoms with van der Waals surface area (Å²) >= 11 is 0. The Balaban J connectivity index is 1.37. The molecule has 2 heterocycles. The molecule has 6 heteroatoms. The van der Waals surface area contributed by atoms with Gasteiger partial charge in [-0.25, -0.2) is 4.79 Å². The molecule has 1 aromatic carbocycles. The standard InChI is InChI=1S/C42H58O6/c1-30(13-11-17-31-15-5-4-6-16-31)14-12-24-41-35(43)22-25-40(3,33-18-7-8-19-33)38(41)34-28-39(2,23-10-9-20-36(44)48-34)42(41,46)26-21-32-27-37(45)47-29-32/h4-6,15-16,27,30,33-35,38,43,46H,7-9,11-14,17-22,24-26,28-29H2,1-3H3/t30-,34-,35+,38+,39+,40+,41+,42-/m1/s1. The van der Waals surface area contributed by atoms with Gasteiger partial charge in [-0.05, 0) is 93.1 Å². The minimum atomic E-state index is -1.37. The highest BCUT2D eigenvalue weighted by molar-refractivity contribution is 5.85. The lowest BCUT2D eigenvalue weighted by Crippen LogP contribution is -2.76. The average Bonchev–Trinajstić information content (AvgIpc) is 3.76. The Morgan fingerprint density at radius 2 is 1.75 bits per heavy atom. The van der Waals surface area contributed by atoms with E-state index in [-0.39, 0.29) is 36.3 Å². The third kappa shape index (κ3) is 6.51.